The highest BCUT2D eigenvalue weighted by Crippen LogP contribution is 2.71. The SMILES string of the molecule is Cc1cc(N2CCc3cc(F)ccc3C2)cc(C)c1C1(C(N)=O)CC12CCCCC2. The van der Waals surface area contributed by atoms with Gasteiger partial charge in [-0.25, -0.2) is 4.39 Å². The van der Waals surface area contributed by atoms with Gasteiger partial charge in [-0.15, -0.1) is 0 Å². The van der Waals surface area contributed by atoms with E-state index in [0.29, 0.717) is 0 Å². The normalized spacial score (nSPS) is 24.6. The number of hydrogen-bond donors (Lipinski definition) is 1. The van der Waals surface area contributed by atoms with E-state index in [4.69, 9.17) is 5.73 Å². The fourth-order valence-corrected chi connectivity index (χ4v) is 6.66. The van der Waals surface area contributed by atoms with E-state index in [2.05, 4.69) is 30.9 Å². The Morgan fingerprint density at radius 3 is 2.40 bits per heavy atom. The van der Waals surface area contributed by atoms with Crippen LogP contribution < -0.4 is 10.6 Å². The van der Waals surface area contributed by atoms with Crippen molar-refractivity contribution in [2.75, 3.05) is 11.4 Å². The molecule has 1 heterocycles. The third-order valence-electron chi connectivity index (χ3n) is 8.11. The molecule has 2 aromatic carbocycles. The van der Waals surface area contributed by atoms with Crippen molar-refractivity contribution in [1.29, 1.82) is 0 Å². The molecule has 3 aliphatic rings. The van der Waals surface area contributed by atoms with Crippen molar-refractivity contribution in [3.8, 4) is 0 Å². The van der Waals surface area contributed by atoms with E-state index >= 15 is 0 Å². The van der Waals surface area contributed by atoms with Gasteiger partial charge in [-0.1, -0.05) is 25.3 Å². The van der Waals surface area contributed by atoms with Crippen LogP contribution in [0, 0.1) is 25.1 Å². The van der Waals surface area contributed by atoms with E-state index in [9.17, 15) is 9.18 Å². The molecule has 2 fully saturated rings. The van der Waals surface area contributed by atoms with Gasteiger partial charge in [-0.3, -0.25) is 4.79 Å². The van der Waals surface area contributed by atoms with Gasteiger partial charge in [0.2, 0.25) is 5.91 Å². The molecule has 1 amide bonds. The number of rotatable bonds is 3. The molecule has 1 spiro atoms. The van der Waals surface area contributed by atoms with Crippen molar-refractivity contribution in [1.82, 2.24) is 0 Å². The number of anilines is 1. The number of aryl methyl sites for hydroxylation is 2. The molecule has 0 radical (unpaired) electrons. The summed E-state index contributed by atoms with van der Waals surface area (Å²) in [6.45, 7) is 5.94. The van der Waals surface area contributed by atoms with Crippen LogP contribution in [0.5, 0.6) is 0 Å². The molecule has 2 N–H and O–H groups in total. The highest BCUT2D eigenvalue weighted by molar-refractivity contribution is 5.93. The maximum atomic E-state index is 13.5. The number of nitrogens with two attached hydrogens (primary N) is 1. The first-order chi connectivity index (χ1) is 14.4. The van der Waals surface area contributed by atoms with Gasteiger partial charge in [0.05, 0.1) is 5.41 Å². The fourth-order valence-electron chi connectivity index (χ4n) is 6.66. The van der Waals surface area contributed by atoms with Crippen LogP contribution in [-0.4, -0.2) is 12.5 Å². The first-order valence-electron chi connectivity index (χ1n) is 11.3. The van der Waals surface area contributed by atoms with Crippen LogP contribution in [0.25, 0.3) is 0 Å². The Balaban J connectivity index is 1.49. The van der Waals surface area contributed by atoms with E-state index in [1.54, 1.807) is 12.1 Å². The summed E-state index contributed by atoms with van der Waals surface area (Å²) in [7, 11) is 0. The van der Waals surface area contributed by atoms with Gasteiger partial charge >= 0.3 is 0 Å². The van der Waals surface area contributed by atoms with Crippen molar-refractivity contribution >= 4 is 11.6 Å². The van der Waals surface area contributed by atoms with Crippen molar-refractivity contribution in [2.45, 2.75) is 70.8 Å². The van der Waals surface area contributed by atoms with E-state index in [0.717, 1.165) is 44.3 Å². The zero-order valence-corrected chi connectivity index (χ0v) is 18.1. The van der Waals surface area contributed by atoms with Crippen LogP contribution in [0.4, 0.5) is 10.1 Å². The maximum Gasteiger partial charge on any atom is 0.228 e. The van der Waals surface area contributed by atoms with Crippen LogP contribution in [0.2, 0.25) is 0 Å². The van der Waals surface area contributed by atoms with Crippen molar-refractivity contribution < 1.29 is 9.18 Å². The predicted molar refractivity (Wildman–Crippen MR) is 118 cm³/mol. The van der Waals surface area contributed by atoms with Crippen LogP contribution in [-0.2, 0) is 23.2 Å². The topological polar surface area (TPSA) is 46.3 Å². The van der Waals surface area contributed by atoms with E-state index < -0.39 is 5.41 Å². The molecular formula is C26H31FN2O. The van der Waals surface area contributed by atoms with Crippen LogP contribution in [0.1, 0.15) is 66.3 Å². The quantitative estimate of drug-likeness (QED) is 0.772. The summed E-state index contributed by atoms with van der Waals surface area (Å²) in [5.74, 6) is -0.298. The Kier molecular flexibility index (Phi) is 4.46. The monoisotopic (exact) mass is 406 g/mol. The molecule has 3 nitrogen and oxygen atoms in total. The standard InChI is InChI=1S/C26H31FN2O/c1-17-12-22(29-11-8-19-14-21(27)7-6-20(19)15-29)13-18(2)23(17)26(24(28)30)16-25(26)9-4-3-5-10-25/h6-7,12-14H,3-5,8-11,15-16H2,1-2H3,(H2,28,30). The Bertz CT molecular complexity index is 1000. The number of fused-ring (bicyclic) bond motifs is 1. The minimum Gasteiger partial charge on any atom is -0.369 e. The average molecular weight is 407 g/mol. The van der Waals surface area contributed by atoms with Crippen molar-refractivity contribution in [3.63, 3.8) is 0 Å². The molecule has 0 bridgehead atoms. The molecule has 2 saturated carbocycles. The van der Waals surface area contributed by atoms with Gasteiger partial charge in [0, 0.05) is 18.8 Å². The highest BCUT2D eigenvalue weighted by atomic mass is 19.1. The molecule has 4 heteroatoms. The van der Waals surface area contributed by atoms with Crippen LogP contribution in [0.15, 0.2) is 30.3 Å². The van der Waals surface area contributed by atoms with Gasteiger partial charge in [-0.2, -0.15) is 0 Å². The number of hydrogen-bond acceptors (Lipinski definition) is 2. The molecular weight excluding hydrogens is 375 g/mol. The molecule has 5 rings (SSSR count). The molecule has 1 unspecified atom stereocenters. The Hall–Kier alpha value is -2.36. The van der Waals surface area contributed by atoms with E-state index in [1.807, 2.05) is 6.07 Å². The minimum atomic E-state index is -0.480. The average Bonchev–Trinajstić information content (AvgIpc) is 3.35. The lowest BCUT2D eigenvalue weighted by atomic mass is 9.74. The molecule has 2 aliphatic carbocycles. The molecule has 1 atom stereocenters. The second kappa shape index (κ2) is 6.83. The minimum absolute atomic E-state index is 0.0856. The molecule has 2 aromatic rings. The fraction of sp³-hybridized carbons (Fsp3) is 0.500. The third kappa shape index (κ3) is 2.79. The number of primary amides is 1. The lowest BCUT2D eigenvalue weighted by Gasteiger charge is -2.33. The van der Waals surface area contributed by atoms with Crippen molar-refractivity contribution in [2.24, 2.45) is 11.1 Å². The van der Waals surface area contributed by atoms with Gasteiger partial charge in [0.25, 0.3) is 0 Å². The number of carbonyl (C=O) groups is 1. The van der Waals surface area contributed by atoms with Crippen LogP contribution >= 0.6 is 0 Å². The molecule has 30 heavy (non-hydrogen) atoms. The Morgan fingerprint density at radius 1 is 1.03 bits per heavy atom. The van der Waals surface area contributed by atoms with E-state index in [1.165, 1.54) is 47.2 Å². The Labute approximate surface area is 178 Å². The molecule has 0 saturated heterocycles. The highest BCUT2D eigenvalue weighted by Gasteiger charge is 2.71. The number of benzene rings is 2. The van der Waals surface area contributed by atoms with Gasteiger partial charge < -0.3 is 10.6 Å². The first-order valence-corrected chi connectivity index (χ1v) is 11.3. The van der Waals surface area contributed by atoms with E-state index in [-0.39, 0.29) is 17.1 Å². The third-order valence-corrected chi connectivity index (χ3v) is 8.11. The maximum absolute atomic E-state index is 13.5. The summed E-state index contributed by atoms with van der Waals surface area (Å²) in [5.41, 5.74) is 12.7. The second-order valence-electron chi connectivity index (χ2n) is 9.83. The predicted octanol–water partition coefficient (Wildman–Crippen LogP) is 5.08. The lowest BCUT2D eigenvalue weighted by Crippen LogP contribution is -2.37. The van der Waals surface area contributed by atoms with Crippen LogP contribution in [0.3, 0.4) is 0 Å². The smallest absolute Gasteiger partial charge is 0.228 e. The summed E-state index contributed by atoms with van der Waals surface area (Å²) in [6, 6.07) is 9.59. The number of carbonyl (C=O) groups excluding carboxylic acids is 1. The number of amides is 1. The zero-order valence-electron chi connectivity index (χ0n) is 18.1. The second-order valence-corrected chi connectivity index (χ2v) is 9.83. The zero-order chi connectivity index (χ0) is 21.1. The largest absolute Gasteiger partial charge is 0.369 e. The Morgan fingerprint density at radius 2 is 1.73 bits per heavy atom. The summed E-state index contributed by atoms with van der Waals surface area (Å²) >= 11 is 0. The lowest BCUT2D eigenvalue weighted by molar-refractivity contribution is -0.121. The van der Waals surface area contributed by atoms with Gasteiger partial charge in [0.1, 0.15) is 5.82 Å². The molecule has 0 aromatic heterocycles. The summed E-state index contributed by atoms with van der Waals surface area (Å²) in [6.07, 6.45) is 7.69. The number of nitrogens with zero attached hydrogens (tertiary/aromatic N) is 1. The summed E-state index contributed by atoms with van der Waals surface area (Å²) < 4.78 is 13.5. The number of halogens is 1. The van der Waals surface area contributed by atoms with Crippen molar-refractivity contribution in [3.05, 3.63) is 64.0 Å². The summed E-state index contributed by atoms with van der Waals surface area (Å²) in [4.78, 5) is 15.2. The summed E-state index contributed by atoms with van der Waals surface area (Å²) in [5, 5.41) is 0. The molecule has 158 valence electrons. The first kappa shape index (κ1) is 19.6. The van der Waals surface area contributed by atoms with Gasteiger partial charge in [0.15, 0.2) is 0 Å². The van der Waals surface area contributed by atoms with Gasteiger partial charge in [-0.05, 0) is 97.0 Å². The molecule has 1 aliphatic heterocycles.